The van der Waals surface area contributed by atoms with Gasteiger partial charge >= 0.3 is 6.36 Å². The number of aliphatic hydroxyl groups excluding tert-OH is 1. The van der Waals surface area contributed by atoms with Crippen molar-refractivity contribution in [3.8, 4) is 0 Å². The van der Waals surface area contributed by atoms with Crippen molar-refractivity contribution in [2.24, 2.45) is 0 Å². The summed E-state index contributed by atoms with van der Waals surface area (Å²) in [6.45, 7) is 2.08. The molecule has 2 N–H and O–H groups in total. The Hall–Kier alpha value is -0.330. The lowest BCUT2D eigenvalue weighted by molar-refractivity contribution is -0.323. The minimum Gasteiger partial charge on any atom is -0.393 e. The maximum atomic E-state index is 11.5. The molecule has 0 amide bonds. The zero-order valence-electron chi connectivity index (χ0n) is 8.10. The van der Waals surface area contributed by atoms with E-state index in [2.05, 4.69) is 10.1 Å². The van der Waals surface area contributed by atoms with Gasteiger partial charge in [0.15, 0.2) is 0 Å². The molecule has 14 heavy (non-hydrogen) atoms. The first kappa shape index (κ1) is 13.7. The van der Waals surface area contributed by atoms with Gasteiger partial charge in [0.25, 0.3) is 0 Å². The van der Waals surface area contributed by atoms with E-state index in [-0.39, 0.29) is 12.6 Å². The van der Waals surface area contributed by atoms with Gasteiger partial charge in [0.2, 0.25) is 0 Å². The Kier molecular flexibility index (Phi) is 6.86. The minimum absolute atomic E-state index is 0.135. The van der Waals surface area contributed by atoms with Crippen LogP contribution in [0.3, 0.4) is 0 Å². The fourth-order valence-corrected chi connectivity index (χ4v) is 0.837. The second-order valence-electron chi connectivity index (χ2n) is 2.89. The predicted octanol–water partition coefficient (Wildman–Crippen LogP) is 1.27. The third kappa shape index (κ3) is 9.76. The van der Waals surface area contributed by atoms with Crippen molar-refractivity contribution in [1.82, 2.24) is 5.32 Å². The van der Waals surface area contributed by atoms with Crippen LogP contribution in [0.4, 0.5) is 13.2 Å². The summed E-state index contributed by atoms with van der Waals surface area (Å²) < 4.78 is 37.9. The number of rotatable bonds is 7. The highest BCUT2D eigenvalue weighted by atomic mass is 19.4. The molecule has 0 spiro atoms. The van der Waals surface area contributed by atoms with Gasteiger partial charge in [0, 0.05) is 6.54 Å². The number of ether oxygens (including phenoxy) is 1. The third-order valence-electron chi connectivity index (χ3n) is 1.67. The van der Waals surface area contributed by atoms with Crippen LogP contribution in [0.1, 0.15) is 19.8 Å². The normalized spacial score (nSPS) is 14.4. The molecule has 0 aliphatic rings. The van der Waals surface area contributed by atoms with Crippen molar-refractivity contribution >= 4 is 0 Å². The van der Waals surface area contributed by atoms with Gasteiger partial charge in [-0.2, -0.15) is 0 Å². The topological polar surface area (TPSA) is 41.5 Å². The number of halogens is 3. The van der Waals surface area contributed by atoms with Gasteiger partial charge in [-0.25, -0.2) is 0 Å². The Morgan fingerprint density at radius 1 is 1.36 bits per heavy atom. The van der Waals surface area contributed by atoms with Crippen LogP contribution in [0.2, 0.25) is 0 Å². The van der Waals surface area contributed by atoms with E-state index in [1.165, 1.54) is 0 Å². The molecule has 0 saturated heterocycles. The molecule has 0 saturated carbocycles. The monoisotopic (exact) mass is 215 g/mol. The molecule has 0 fully saturated rings. The maximum Gasteiger partial charge on any atom is 0.522 e. The highest BCUT2D eigenvalue weighted by molar-refractivity contribution is 4.55. The highest BCUT2D eigenvalue weighted by Crippen LogP contribution is 2.14. The summed E-state index contributed by atoms with van der Waals surface area (Å²) in [7, 11) is 0. The summed E-state index contributed by atoms with van der Waals surface area (Å²) in [6.07, 6.45) is -3.74. The van der Waals surface area contributed by atoms with Gasteiger partial charge in [-0.15, -0.1) is 13.2 Å². The van der Waals surface area contributed by atoms with Gasteiger partial charge in [-0.3, -0.25) is 4.74 Å². The lowest BCUT2D eigenvalue weighted by Gasteiger charge is -2.10. The van der Waals surface area contributed by atoms with E-state index in [0.717, 1.165) is 0 Å². The van der Waals surface area contributed by atoms with Crippen molar-refractivity contribution < 1.29 is 23.0 Å². The average molecular weight is 215 g/mol. The van der Waals surface area contributed by atoms with E-state index in [1.807, 2.05) is 6.92 Å². The quantitative estimate of drug-likeness (QED) is 0.628. The van der Waals surface area contributed by atoms with Gasteiger partial charge in [-0.05, 0) is 19.4 Å². The van der Waals surface area contributed by atoms with Gasteiger partial charge in [0.05, 0.1) is 12.7 Å². The zero-order chi connectivity index (χ0) is 11.0. The number of aliphatic hydroxyl groups is 1. The first-order chi connectivity index (χ1) is 6.45. The summed E-state index contributed by atoms with van der Waals surface area (Å²) in [5, 5.41) is 11.8. The number of hydrogen-bond donors (Lipinski definition) is 2. The van der Waals surface area contributed by atoms with E-state index in [1.54, 1.807) is 0 Å². The molecule has 0 aromatic heterocycles. The second kappa shape index (κ2) is 7.03. The van der Waals surface area contributed by atoms with E-state index in [9.17, 15) is 13.2 Å². The Bertz CT molecular complexity index is 141. The summed E-state index contributed by atoms with van der Waals surface area (Å²) in [6, 6.07) is 0. The standard InChI is InChI=1S/C8H16F3NO2/c1-2-7(13)3-4-12-5-6-14-8(9,10)11/h7,12-13H,2-6H2,1H3. The molecule has 86 valence electrons. The molecule has 3 nitrogen and oxygen atoms in total. The SMILES string of the molecule is CCC(O)CCNCCOC(F)(F)F. The number of nitrogens with one attached hydrogen (secondary N) is 1. The fourth-order valence-electron chi connectivity index (χ4n) is 0.837. The average Bonchev–Trinajstić information content (AvgIpc) is 2.08. The van der Waals surface area contributed by atoms with Crippen LogP contribution in [0.5, 0.6) is 0 Å². The van der Waals surface area contributed by atoms with Crippen molar-refractivity contribution in [3.05, 3.63) is 0 Å². The number of alkyl halides is 3. The van der Waals surface area contributed by atoms with E-state index < -0.39 is 13.0 Å². The Morgan fingerprint density at radius 3 is 2.50 bits per heavy atom. The molecule has 0 rings (SSSR count). The first-order valence-corrected chi connectivity index (χ1v) is 4.55. The Morgan fingerprint density at radius 2 is 2.00 bits per heavy atom. The third-order valence-corrected chi connectivity index (χ3v) is 1.67. The maximum absolute atomic E-state index is 11.5. The molecule has 0 bridgehead atoms. The molecule has 1 unspecified atom stereocenters. The summed E-state index contributed by atoms with van der Waals surface area (Å²) >= 11 is 0. The predicted molar refractivity (Wildman–Crippen MR) is 45.8 cm³/mol. The van der Waals surface area contributed by atoms with Crippen LogP contribution >= 0.6 is 0 Å². The van der Waals surface area contributed by atoms with Gasteiger partial charge < -0.3 is 10.4 Å². The van der Waals surface area contributed by atoms with Crippen LogP contribution < -0.4 is 5.32 Å². The molecular weight excluding hydrogens is 199 g/mol. The van der Waals surface area contributed by atoms with Crippen LogP contribution in [-0.2, 0) is 4.74 Å². The fraction of sp³-hybridized carbons (Fsp3) is 1.00. The van der Waals surface area contributed by atoms with E-state index >= 15 is 0 Å². The lowest BCUT2D eigenvalue weighted by atomic mass is 10.2. The molecule has 0 radical (unpaired) electrons. The molecule has 0 heterocycles. The van der Waals surface area contributed by atoms with Gasteiger partial charge in [-0.1, -0.05) is 6.92 Å². The Labute approximate surface area is 81.2 Å². The van der Waals surface area contributed by atoms with E-state index in [4.69, 9.17) is 5.11 Å². The van der Waals surface area contributed by atoms with Crippen LogP contribution in [0.25, 0.3) is 0 Å². The van der Waals surface area contributed by atoms with Crippen LogP contribution in [0, 0.1) is 0 Å². The lowest BCUT2D eigenvalue weighted by Crippen LogP contribution is -2.26. The van der Waals surface area contributed by atoms with Crippen molar-refractivity contribution in [3.63, 3.8) is 0 Å². The van der Waals surface area contributed by atoms with E-state index in [0.29, 0.717) is 19.4 Å². The largest absolute Gasteiger partial charge is 0.522 e. The van der Waals surface area contributed by atoms with Crippen LogP contribution in [-0.4, -0.2) is 37.3 Å². The second-order valence-corrected chi connectivity index (χ2v) is 2.89. The molecule has 6 heteroatoms. The molecule has 0 aromatic rings. The zero-order valence-corrected chi connectivity index (χ0v) is 8.10. The van der Waals surface area contributed by atoms with Crippen molar-refractivity contribution in [1.29, 1.82) is 0 Å². The van der Waals surface area contributed by atoms with Crippen molar-refractivity contribution in [2.45, 2.75) is 32.2 Å². The highest BCUT2D eigenvalue weighted by Gasteiger charge is 2.28. The smallest absolute Gasteiger partial charge is 0.393 e. The molecule has 0 aromatic carbocycles. The summed E-state index contributed by atoms with van der Waals surface area (Å²) in [5.74, 6) is 0. The van der Waals surface area contributed by atoms with Crippen LogP contribution in [0.15, 0.2) is 0 Å². The minimum atomic E-state index is -4.55. The summed E-state index contributed by atoms with van der Waals surface area (Å²) in [4.78, 5) is 0. The Balaban J connectivity index is 3.14. The number of hydrogen-bond acceptors (Lipinski definition) is 3. The first-order valence-electron chi connectivity index (χ1n) is 4.55. The van der Waals surface area contributed by atoms with Gasteiger partial charge in [0.1, 0.15) is 0 Å². The molecule has 0 aliphatic heterocycles. The molecule has 1 atom stereocenters. The van der Waals surface area contributed by atoms with Crippen molar-refractivity contribution in [2.75, 3.05) is 19.7 Å². The summed E-state index contributed by atoms with van der Waals surface area (Å²) in [5.41, 5.74) is 0. The molecular formula is C8H16F3NO2. The molecule has 0 aliphatic carbocycles.